The Balaban J connectivity index is 1.87. The molecule has 0 saturated heterocycles. The Bertz CT molecular complexity index is 629. The second-order valence-electron chi connectivity index (χ2n) is 4.57. The molecule has 21 heavy (non-hydrogen) atoms. The van der Waals surface area contributed by atoms with Crippen molar-refractivity contribution in [2.75, 3.05) is 16.8 Å². The Morgan fingerprint density at radius 1 is 1.24 bits per heavy atom. The molecule has 2 rings (SSSR count). The number of carbonyl (C=O) groups excluding carboxylic acids is 1. The zero-order valence-electron chi connectivity index (χ0n) is 11.7. The maximum absolute atomic E-state index is 11.9. The summed E-state index contributed by atoms with van der Waals surface area (Å²) in [5, 5.41) is 3.38. The van der Waals surface area contributed by atoms with E-state index in [1.807, 2.05) is 30.3 Å². The second-order valence-corrected chi connectivity index (χ2v) is 6.03. The number of halogens is 1. The van der Waals surface area contributed by atoms with Crippen LogP contribution in [0.1, 0.15) is 12.5 Å². The molecule has 0 unspecified atom stereocenters. The van der Waals surface area contributed by atoms with Gasteiger partial charge < -0.3 is 11.1 Å². The third-order valence-electron chi connectivity index (χ3n) is 2.99. The molecule has 0 aromatic heterocycles. The zero-order valence-corrected chi connectivity index (χ0v) is 13.3. The summed E-state index contributed by atoms with van der Waals surface area (Å²) in [6, 6.07) is 13.2. The summed E-state index contributed by atoms with van der Waals surface area (Å²) in [6.45, 7) is 2.10. The van der Waals surface area contributed by atoms with Gasteiger partial charge in [-0.2, -0.15) is 0 Å². The SMILES string of the molecule is CCc1ccc(NC(=O)CSc2ccc(N)c(Cl)c2)cc1. The standard InChI is InChI=1S/C16H17ClN2OS/c1-2-11-3-5-12(6-4-11)19-16(20)10-21-13-7-8-15(18)14(17)9-13/h3-9H,2,10,18H2,1H3,(H,19,20). The van der Waals surface area contributed by atoms with Gasteiger partial charge in [0.15, 0.2) is 0 Å². The number of nitrogens with one attached hydrogen (secondary N) is 1. The number of benzene rings is 2. The van der Waals surface area contributed by atoms with Crippen molar-refractivity contribution in [2.24, 2.45) is 0 Å². The Morgan fingerprint density at radius 3 is 2.57 bits per heavy atom. The fraction of sp³-hybridized carbons (Fsp3) is 0.188. The number of nitrogen functional groups attached to an aromatic ring is 1. The third kappa shape index (κ3) is 4.69. The molecule has 1 amide bonds. The Kier molecular flexibility index (Phi) is 5.53. The Labute approximate surface area is 133 Å². The van der Waals surface area contributed by atoms with Crippen LogP contribution in [0.15, 0.2) is 47.4 Å². The average Bonchev–Trinajstić information content (AvgIpc) is 2.49. The lowest BCUT2D eigenvalue weighted by Crippen LogP contribution is -2.13. The summed E-state index contributed by atoms with van der Waals surface area (Å²) in [6.07, 6.45) is 0.988. The number of hydrogen-bond donors (Lipinski definition) is 2. The quantitative estimate of drug-likeness (QED) is 0.640. The van der Waals surface area contributed by atoms with Gasteiger partial charge in [-0.15, -0.1) is 11.8 Å². The number of rotatable bonds is 5. The highest BCUT2D eigenvalue weighted by molar-refractivity contribution is 8.00. The second kappa shape index (κ2) is 7.38. The number of hydrogen-bond acceptors (Lipinski definition) is 3. The number of aryl methyl sites for hydroxylation is 1. The number of amides is 1. The van der Waals surface area contributed by atoms with E-state index in [2.05, 4.69) is 12.2 Å². The molecule has 2 aromatic rings. The van der Waals surface area contributed by atoms with Gasteiger partial charge in [-0.25, -0.2) is 0 Å². The Morgan fingerprint density at radius 2 is 1.95 bits per heavy atom. The smallest absolute Gasteiger partial charge is 0.234 e. The van der Waals surface area contributed by atoms with E-state index in [9.17, 15) is 4.79 Å². The van der Waals surface area contributed by atoms with Crippen molar-refractivity contribution >= 4 is 40.6 Å². The predicted molar refractivity (Wildman–Crippen MR) is 91.0 cm³/mol. The molecule has 3 N–H and O–H groups in total. The van der Waals surface area contributed by atoms with Crippen LogP contribution in [0.3, 0.4) is 0 Å². The normalized spacial score (nSPS) is 10.4. The van der Waals surface area contributed by atoms with Crippen molar-refractivity contribution in [2.45, 2.75) is 18.2 Å². The van der Waals surface area contributed by atoms with Crippen LogP contribution < -0.4 is 11.1 Å². The van der Waals surface area contributed by atoms with Gasteiger partial charge in [-0.3, -0.25) is 4.79 Å². The highest BCUT2D eigenvalue weighted by Gasteiger charge is 2.05. The molecular formula is C16H17ClN2OS. The first kappa shape index (κ1) is 15.7. The van der Waals surface area contributed by atoms with Gasteiger partial charge in [0.25, 0.3) is 0 Å². The highest BCUT2D eigenvalue weighted by Crippen LogP contribution is 2.26. The van der Waals surface area contributed by atoms with Crippen LogP contribution >= 0.6 is 23.4 Å². The van der Waals surface area contributed by atoms with Crippen LogP contribution in [0.4, 0.5) is 11.4 Å². The minimum absolute atomic E-state index is 0.0443. The lowest BCUT2D eigenvalue weighted by atomic mass is 10.1. The maximum atomic E-state index is 11.9. The molecule has 0 aliphatic rings. The zero-order chi connectivity index (χ0) is 15.2. The molecule has 0 bridgehead atoms. The van der Waals surface area contributed by atoms with Crippen molar-refractivity contribution in [3.8, 4) is 0 Å². The molecule has 0 fully saturated rings. The molecule has 0 aliphatic heterocycles. The summed E-state index contributed by atoms with van der Waals surface area (Å²) in [7, 11) is 0. The average molecular weight is 321 g/mol. The van der Waals surface area contributed by atoms with Crippen LogP contribution in [0, 0.1) is 0 Å². The molecule has 3 nitrogen and oxygen atoms in total. The first-order chi connectivity index (χ1) is 10.1. The minimum atomic E-state index is -0.0443. The van der Waals surface area contributed by atoms with Crippen molar-refractivity contribution in [1.82, 2.24) is 0 Å². The van der Waals surface area contributed by atoms with Gasteiger partial charge in [0.05, 0.1) is 16.5 Å². The third-order valence-corrected chi connectivity index (χ3v) is 4.31. The van der Waals surface area contributed by atoms with Crippen LogP contribution in [-0.4, -0.2) is 11.7 Å². The lowest BCUT2D eigenvalue weighted by molar-refractivity contribution is -0.113. The summed E-state index contributed by atoms with van der Waals surface area (Å²) >= 11 is 7.37. The van der Waals surface area contributed by atoms with E-state index < -0.39 is 0 Å². The molecule has 0 radical (unpaired) electrons. The number of nitrogens with two attached hydrogens (primary N) is 1. The molecule has 0 spiro atoms. The van der Waals surface area contributed by atoms with Crippen molar-refractivity contribution in [1.29, 1.82) is 0 Å². The maximum Gasteiger partial charge on any atom is 0.234 e. The largest absolute Gasteiger partial charge is 0.398 e. The summed E-state index contributed by atoms with van der Waals surface area (Å²) < 4.78 is 0. The van der Waals surface area contributed by atoms with Gasteiger partial charge in [0.1, 0.15) is 0 Å². The van der Waals surface area contributed by atoms with Crippen molar-refractivity contribution in [3.05, 3.63) is 53.1 Å². The molecular weight excluding hydrogens is 304 g/mol. The fourth-order valence-electron chi connectivity index (χ4n) is 1.77. The fourth-order valence-corrected chi connectivity index (χ4v) is 2.75. The van der Waals surface area contributed by atoms with Crippen LogP contribution in [0.25, 0.3) is 0 Å². The number of carbonyl (C=O) groups is 1. The first-order valence-electron chi connectivity index (χ1n) is 6.65. The molecule has 0 atom stereocenters. The van der Waals surface area contributed by atoms with Crippen molar-refractivity contribution in [3.63, 3.8) is 0 Å². The monoisotopic (exact) mass is 320 g/mol. The van der Waals surface area contributed by atoms with E-state index in [1.165, 1.54) is 17.3 Å². The van der Waals surface area contributed by atoms with Gasteiger partial charge in [-0.1, -0.05) is 30.7 Å². The first-order valence-corrected chi connectivity index (χ1v) is 8.01. The molecule has 0 saturated carbocycles. The van der Waals surface area contributed by atoms with Crippen LogP contribution in [-0.2, 0) is 11.2 Å². The van der Waals surface area contributed by atoms with E-state index in [4.69, 9.17) is 17.3 Å². The van der Waals surface area contributed by atoms with E-state index in [0.717, 1.165) is 17.0 Å². The van der Waals surface area contributed by atoms with Crippen LogP contribution in [0.2, 0.25) is 5.02 Å². The number of anilines is 2. The van der Waals surface area contributed by atoms with E-state index in [-0.39, 0.29) is 5.91 Å². The number of thioether (sulfide) groups is 1. The molecule has 0 aliphatic carbocycles. The summed E-state index contributed by atoms with van der Waals surface area (Å²) in [5.74, 6) is 0.285. The van der Waals surface area contributed by atoms with E-state index >= 15 is 0 Å². The van der Waals surface area contributed by atoms with Gasteiger partial charge >= 0.3 is 0 Å². The highest BCUT2D eigenvalue weighted by atomic mass is 35.5. The summed E-state index contributed by atoms with van der Waals surface area (Å²) in [5.41, 5.74) is 8.26. The van der Waals surface area contributed by atoms with Crippen LogP contribution in [0.5, 0.6) is 0 Å². The Hall–Kier alpha value is -1.65. The van der Waals surface area contributed by atoms with Gasteiger partial charge in [-0.05, 0) is 42.3 Å². The van der Waals surface area contributed by atoms with Gasteiger partial charge in [0, 0.05) is 10.6 Å². The lowest BCUT2D eigenvalue weighted by Gasteiger charge is -2.07. The topological polar surface area (TPSA) is 55.1 Å². The predicted octanol–water partition coefficient (Wildman–Crippen LogP) is 4.22. The minimum Gasteiger partial charge on any atom is -0.398 e. The van der Waals surface area contributed by atoms with E-state index in [0.29, 0.717) is 16.5 Å². The molecule has 110 valence electrons. The molecule has 2 aromatic carbocycles. The molecule has 0 heterocycles. The van der Waals surface area contributed by atoms with E-state index in [1.54, 1.807) is 12.1 Å². The molecule has 5 heteroatoms. The summed E-state index contributed by atoms with van der Waals surface area (Å²) in [4.78, 5) is 12.8. The van der Waals surface area contributed by atoms with Crippen molar-refractivity contribution < 1.29 is 4.79 Å². The van der Waals surface area contributed by atoms with Gasteiger partial charge in [0.2, 0.25) is 5.91 Å².